The second-order valence-electron chi connectivity index (χ2n) is 4.34. The van der Waals surface area contributed by atoms with Gasteiger partial charge in [-0.25, -0.2) is 4.98 Å². The molecule has 1 saturated heterocycles. The van der Waals surface area contributed by atoms with Crippen molar-refractivity contribution < 1.29 is 9.59 Å². The lowest BCUT2D eigenvalue weighted by Gasteiger charge is -2.20. The summed E-state index contributed by atoms with van der Waals surface area (Å²) in [5.41, 5.74) is 1.47. The van der Waals surface area contributed by atoms with Crippen molar-refractivity contribution in [2.24, 2.45) is 5.92 Å². The molecule has 2 rings (SSSR count). The van der Waals surface area contributed by atoms with E-state index in [1.54, 1.807) is 13.8 Å². The number of anilines is 1. The number of carbonyl (C=O) groups is 2. The fraction of sp³-hybridized carbons (Fsp3) is 0.545. The summed E-state index contributed by atoms with van der Waals surface area (Å²) < 4.78 is 0. The molecule has 7 nitrogen and oxygen atoms in total. The Labute approximate surface area is 104 Å². The van der Waals surface area contributed by atoms with Gasteiger partial charge in [-0.1, -0.05) is 0 Å². The first kappa shape index (κ1) is 12.4. The van der Waals surface area contributed by atoms with E-state index >= 15 is 0 Å². The first-order valence-corrected chi connectivity index (χ1v) is 5.81. The van der Waals surface area contributed by atoms with E-state index in [-0.39, 0.29) is 23.7 Å². The van der Waals surface area contributed by atoms with Crippen molar-refractivity contribution in [1.29, 1.82) is 0 Å². The minimum Gasteiger partial charge on any atom is -0.355 e. The monoisotopic (exact) mass is 249 g/mol. The number of hydrogen-bond donors (Lipinski definition) is 2. The molecule has 1 aromatic rings. The highest BCUT2D eigenvalue weighted by Gasteiger charge is 2.25. The van der Waals surface area contributed by atoms with Crippen molar-refractivity contribution in [2.45, 2.75) is 26.7 Å². The lowest BCUT2D eigenvalue weighted by Crippen LogP contribution is -2.40. The van der Waals surface area contributed by atoms with Crippen LogP contribution in [0, 0.1) is 19.8 Å². The molecule has 1 aliphatic rings. The van der Waals surface area contributed by atoms with E-state index in [1.165, 1.54) is 0 Å². The van der Waals surface area contributed by atoms with E-state index in [0.29, 0.717) is 19.4 Å². The minimum atomic E-state index is -0.229. The van der Waals surface area contributed by atoms with Gasteiger partial charge >= 0.3 is 0 Å². The van der Waals surface area contributed by atoms with Gasteiger partial charge in [0.2, 0.25) is 17.8 Å². The van der Waals surface area contributed by atoms with E-state index in [1.807, 2.05) is 0 Å². The number of piperidine rings is 1. The van der Waals surface area contributed by atoms with E-state index in [0.717, 1.165) is 11.4 Å². The second-order valence-corrected chi connectivity index (χ2v) is 4.34. The van der Waals surface area contributed by atoms with Crippen LogP contribution in [-0.2, 0) is 9.59 Å². The predicted molar refractivity (Wildman–Crippen MR) is 63.7 cm³/mol. The summed E-state index contributed by atoms with van der Waals surface area (Å²) in [6, 6.07) is 0. The first-order chi connectivity index (χ1) is 8.56. The SMILES string of the molecule is Cc1nnc(NC(=O)C2CCC(=O)NC2)nc1C. The van der Waals surface area contributed by atoms with Crippen LogP contribution in [0.25, 0.3) is 0 Å². The molecule has 1 aromatic heterocycles. The minimum absolute atomic E-state index is 0.0110. The van der Waals surface area contributed by atoms with Gasteiger partial charge in [0.1, 0.15) is 0 Å². The van der Waals surface area contributed by atoms with Crippen LogP contribution < -0.4 is 10.6 Å². The Kier molecular flexibility index (Phi) is 3.50. The van der Waals surface area contributed by atoms with Crippen LogP contribution in [0.2, 0.25) is 0 Å². The van der Waals surface area contributed by atoms with E-state index in [9.17, 15) is 9.59 Å². The summed E-state index contributed by atoms with van der Waals surface area (Å²) in [6.07, 6.45) is 0.931. The third-order valence-corrected chi connectivity index (χ3v) is 2.96. The Balaban J connectivity index is 1.98. The average Bonchev–Trinajstić information content (AvgIpc) is 2.34. The van der Waals surface area contributed by atoms with E-state index in [4.69, 9.17) is 0 Å². The lowest BCUT2D eigenvalue weighted by atomic mass is 9.98. The van der Waals surface area contributed by atoms with Crippen LogP contribution in [0.5, 0.6) is 0 Å². The topological polar surface area (TPSA) is 96.9 Å². The zero-order chi connectivity index (χ0) is 13.1. The zero-order valence-corrected chi connectivity index (χ0v) is 10.4. The lowest BCUT2D eigenvalue weighted by molar-refractivity contribution is -0.126. The number of rotatable bonds is 2. The van der Waals surface area contributed by atoms with Gasteiger partial charge in [-0.05, 0) is 20.3 Å². The molecular weight excluding hydrogens is 234 g/mol. The quantitative estimate of drug-likeness (QED) is 0.766. The molecule has 7 heteroatoms. The Morgan fingerprint density at radius 1 is 1.33 bits per heavy atom. The molecule has 1 fully saturated rings. The summed E-state index contributed by atoms with van der Waals surface area (Å²) in [5, 5.41) is 13.0. The fourth-order valence-electron chi connectivity index (χ4n) is 1.68. The Morgan fingerprint density at radius 2 is 2.11 bits per heavy atom. The molecule has 1 unspecified atom stereocenters. The number of carbonyl (C=O) groups excluding carboxylic acids is 2. The van der Waals surface area contributed by atoms with Crippen molar-refractivity contribution in [3.05, 3.63) is 11.4 Å². The van der Waals surface area contributed by atoms with Crippen molar-refractivity contribution in [1.82, 2.24) is 20.5 Å². The average molecular weight is 249 g/mol. The smallest absolute Gasteiger partial charge is 0.249 e. The Morgan fingerprint density at radius 3 is 2.72 bits per heavy atom. The van der Waals surface area contributed by atoms with Crippen molar-refractivity contribution >= 4 is 17.8 Å². The van der Waals surface area contributed by atoms with Gasteiger partial charge in [0, 0.05) is 13.0 Å². The third kappa shape index (κ3) is 2.79. The van der Waals surface area contributed by atoms with Crippen molar-refractivity contribution in [2.75, 3.05) is 11.9 Å². The highest BCUT2D eigenvalue weighted by Crippen LogP contribution is 2.13. The number of nitrogens with one attached hydrogen (secondary N) is 2. The summed E-state index contributed by atoms with van der Waals surface area (Å²) in [4.78, 5) is 27.0. The molecule has 2 heterocycles. The first-order valence-electron chi connectivity index (χ1n) is 5.81. The van der Waals surface area contributed by atoms with Gasteiger partial charge < -0.3 is 5.32 Å². The molecular formula is C11H15N5O2. The number of amides is 2. The molecule has 0 aromatic carbocycles. The van der Waals surface area contributed by atoms with Gasteiger partial charge in [-0.3, -0.25) is 14.9 Å². The maximum absolute atomic E-state index is 11.9. The molecule has 1 atom stereocenters. The standard InChI is InChI=1S/C11H15N5O2/c1-6-7(2)15-16-11(13-6)14-10(18)8-3-4-9(17)12-5-8/h8H,3-5H2,1-2H3,(H,12,17)(H,13,14,16,18). The van der Waals surface area contributed by atoms with Gasteiger partial charge in [-0.2, -0.15) is 5.10 Å². The fourth-order valence-corrected chi connectivity index (χ4v) is 1.68. The van der Waals surface area contributed by atoms with Crippen molar-refractivity contribution in [3.63, 3.8) is 0 Å². The molecule has 18 heavy (non-hydrogen) atoms. The molecule has 1 aliphatic heterocycles. The summed E-state index contributed by atoms with van der Waals surface area (Å²) in [7, 11) is 0. The zero-order valence-electron chi connectivity index (χ0n) is 10.4. The number of nitrogens with zero attached hydrogens (tertiary/aromatic N) is 3. The largest absolute Gasteiger partial charge is 0.355 e. The van der Waals surface area contributed by atoms with Crippen LogP contribution in [0.1, 0.15) is 24.2 Å². The maximum Gasteiger partial charge on any atom is 0.249 e. The number of hydrogen-bond acceptors (Lipinski definition) is 5. The number of aromatic nitrogens is 3. The van der Waals surface area contributed by atoms with Gasteiger partial charge in [0.05, 0.1) is 17.3 Å². The van der Waals surface area contributed by atoms with Gasteiger partial charge in [0.15, 0.2) is 0 Å². The molecule has 96 valence electrons. The molecule has 0 radical (unpaired) electrons. The third-order valence-electron chi connectivity index (χ3n) is 2.96. The summed E-state index contributed by atoms with van der Waals surface area (Å²) >= 11 is 0. The van der Waals surface area contributed by atoms with E-state index < -0.39 is 0 Å². The van der Waals surface area contributed by atoms with Gasteiger partial charge in [-0.15, -0.1) is 5.10 Å². The highest BCUT2D eigenvalue weighted by molar-refractivity contribution is 5.92. The molecule has 0 spiro atoms. The Bertz CT molecular complexity index is 478. The summed E-state index contributed by atoms with van der Waals surface area (Å²) in [6.45, 7) is 3.97. The predicted octanol–water partition coefficient (Wildman–Crippen LogP) is -0.0469. The molecule has 0 bridgehead atoms. The van der Waals surface area contributed by atoms with Crippen LogP contribution in [0.15, 0.2) is 0 Å². The molecule has 0 aliphatic carbocycles. The van der Waals surface area contributed by atoms with Crippen LogP contribution in [-0.4, -0.2) is 33.5 Å². The number of aryl methyl sites for hydroxylation is 2. The maximum atomic E-state index is 11.9. The molecule has 2 amide bonds. The highest BCUT2D eigenvalue weighted by atomic mass is 16.2. The Hall–Kier alpha value is -2.05. The van der Waals surface area contributed by atoms with Crippen LogP contribution >= 0.6 is 0 Å². The second kappa shape index (κ2) is 5.07. The van der Waals surface area contributed by atoms with E-state index in [2.05, 4.69) is 25.8 Å². The molecule has 2 N–H and O–H groups in total. The van der Waals surface area contributed by atoms with Gasteiger partial charge in [0.25, 0.3) is 0 Å². The molecule has 0 saturated carbocycles. The normalized spacial score (nSPS) is 19.2. The van der Waals surface area contributed by atoms with Crippen LogP contribution in [0.3, 0.4) is 0 Å². The van der Waals surface area contributed by atoms with Crippen LogP contribution in [0.4, 0.5) is 5.95 Å². The van der Waals surface area contributed by atoms with Crippen molar-refractivity contribution in [3.8, 4) is 0 Å². The summed E-state index contributed by atoms with van der Waals surface area (Å²) in [5.74, 6) is -0.212.